The van der Waals surface area contributed by atoms with E-state index in [0.717, 1.165) is 60.9 Å². The molecule has 1 fully saturated rings. The second-order valence-corrected chi connectivity index (χ2v) is 9.30. The molecule has 6 heteroatoms. The van der Waals surface area contributed by atoms with Gasteiger partial charge in [0.05, 0.1) is 11.5 Å². The Morgan fingerprint density at radius 1 is 1.00 bits per heavy atom. The van der Waals surface area contributed by atoms with Gasteiger partial charge in [-0.1, -0.05) is 35.9 Å². The Labute approximate surface area is 192 Å². The van der Waals surface area contributed by atoms with Gasteiger partial charge in [-0.3, -0.25) is 10.2 Å². The van der Waals surface area contributed by atoms with Gasteiger partial charge in [0.2, 0.25) is 0 Å². The lowest BCUT2D eigenvalue weighted by Gasteiger charge is -2.21. The van der Waals surface area contributed by atoms with E-state index < -0.39 is 0 Å². The summed E-state index contributed by atoms with van der Waals surface area (Å²) < 4.78 is 6.13. The number of carbonyl (C=O) groups excluding carboxylic acids is 1. The SMILES string of the molecule is Cc1ccc(-c2ccc3oc(CN4CCCN(C(=O)Nc5cccs5)CC4)cc3c2)cc1. The quantitative estimate of drug-likeness (QED) is 0.406. The van der Waals surface area contributed by atoms with Gasteiger partial charge in [0, 0.05) is 31.6 Å². The van der Waals surface area contributed by atoms with Crippen LogP contribution in [0.15, 0.2) is 70.5 Å². The monoisotopic (exact) mass is 445 g/mol. The molecule has 2 aromatic heterocycles. The molecule has 0 unspecified atom stereocenters. The number of hydrogen-bond donors (Lipinski definition) is 1. The molecular weight excluding hydrogens is 418 g/mol. The van der Waals surface area contributed by atoms with Gasteiger partial charge < -0.3 is 9.32 Å². The van der Waals surface area contributed by atoms with Crippen molar-refractivity contribution in [1.29, 1.82) is 0 Å². The molecule has 0 radical (unpaired) electrons. The van der Waals surface area contributed by atoms with Crippen LogP contribution in [0.4, 0.5) is 9.80 Å². The Kier molecular flexibility index (Phi) is 5.97. The van der Waals surface area contributed by atoms with Gasteiger partial charge in [0.15, 0.2) is 0 Å². The van der Waals surface area contributed by atoms with E-state index >= 15 is 0 Å². The van der Waals surface area contributed by atoms with Crippen LogP contribution in [0.1, 0.15) is 17.7 Å². The normalized spacial score (nSPS) is 15.1. The highest BCUT2D eigenvalue weighted by molar-refractivity contribution is 7.14. The van der Waals surface area contributed by atoms with Gasteiger partial charge in [-0.15, -0.1) is 11.3 Å². The number of urea groups is 1. The first-order chi connectivity index (χ1) is 15.6. The minimum atomic E-state index is -0.0123. The van der Waals surface area contributed by atoms with Crippen molar-refractivity contribution in [2.45, 2.75) is 19.9 Å². The maximum atomic E-state index is 12.6. The fourth-order valence-corrected chi connectivity index (χ4v) is 4.80. The molecule has 2 aromatic carbocycles. The molecule has 0 saturated carbocycles. The predicted octanol–water partition coefficient (Wildman–Crippen LogP) is 6.21. The van der Waals surface area contributed by atoms with Crippen molar-refractivity contribution < 1.29 is 9.21 Å². The number of furan rings is 1. The van der Waals surface area contributed by atoms with Crippen molar-refractivity contribution in [2.24, 2.45) is 0 Å². The summed E-state index contributed by atoms with van der Waals surface area (Å²) in [5.41, 5.74) is 4.60. The van der Waals surface area contributed by atoms with Gasteiger partial charge in [0.1, 0.15) is 11.3 Å². The van der Waals surface area contributed by atoms with E-state index in [0.29, 0.717) is 0 Å². The fourth-order valence-electron chi connectivity index (χ4n) is 4.19. The van der Waals surface area contributed by atoms with E-state index in [2.05, 4.69) is 65.7 Å². The zero-order valence-electron chi connectivity index (χ0n) is 18.2. The highest BCUT2D eigenvalue weighted by Gasteiger charge is 2.20. The summed E-state index contributed by atoms with van der Waals surface area (Å²) in [6.07, 6.45) is 0.954. The van der Waals surface area contributed by atoms with Crippen LogP contribution in [0.25, 0.3) is 22.1 Å². The van der Waals surface area contributed by atoms with E-state index in [4.69, 9.17) is 4.42 Å². The highest BCUT2D eigenvalue weighted by Crippen LogP contribution is 2.27. The van der Waals surface area contributed by atoms with Crippen LogP contribution in [0.3, 0.4) is 0 Å². The molecule has 2 amide bonds. The summed E-state index contributed by atoms with van der Waals surface area (Å²) in [6, 6.07) is 21.0. The first kappa shape index (κ1) is 20.8. The molecule has 164 valence electrons. The summed E-state index contributed by atoms with van der Waals surface area (Å²) in [5.74, 6) is 0.970. The lowest BCUT2D eigenvalue weighted by molar-refractivity contribution is 0.209. The zero-order chi connectivity index (χ0) is 21.9. The predicted molar refractivity (Wildman–Crippen MR) is 131 cm³/mol. The Balaban J connectivity index is 1.23. The first-order valence-electron chi connectivity index (χ1n) is 11.1. The Morgan fingerprint density at radius 3 is 2.66 bits per heavy atom. The van der Waals surface area contributed by atoms with Gasteiger partial charge in [-0.25, -0.2) is 4.79 Å². The number of anilines is 1. The third-order valence-electron chi connectivity index (χ3n) is 5.96. The van der Waals surface area contributed by atoms with Crippen molar-refractivity contribution in [3.8, 4) is 11.1 Å². The molecule has 0 aliphatic carbocycles. The molecule has 0 bridgehead atoms. The average molecular weight is 446 g/mol. The molecule has 5 nitrogen and oxygen atoms in total. The molecule has 1 aliphatic heterocycles. The number of aryl methyl sites for hydroxylation is 1. The van der Waals surface area contributed by atoms with Crippen LogP contribution in [0.5, 0.6) is 0 Å². The fraction of sp³-hybridized carbons (Fsp3) is 0.269. The second-order valence-electron chi connectivity index (χ2n) is 8.36. The van der Waals surface area contributed by atoms with Crippen LogP contribution in [-0.2, 0) is 6.54 Å². The van der Waals surface area contributed by atoms with E-state index in [1.165, 1.54) is 16.7 Å². The number of benzene rings is 2. The van der Waals surface area contributed by atoms with Crippen molar-refractivity contribution >= 4 is 33.3 Å². The lowest BCUT2D eigenvalue weighted by Crippen LogP contribution is -2.37. The number of fused-ring (bicyclic) bond motifs is 1. The Morgan fingerprint density at radius 2 is 1.84 bits per heavy atom. The molecule has 3 heterocycles. The molecule has 1 saturated heterocycles. The molecule has 4 aromatic rings. The van der Waals surface area contributed by atoms with Crippen LogP contribution >= 0.6 is 11.3 Å². The summed E-state index contributed by atoms with van der Waals surface area (Å²) in [6.45, 7) is 6.14. The zero-order valence-corrected chi connectivity index (χ0v) is 19.0. The number of nitrogens with zero attached hydrogens (tertiary/aromatic N) is 2. The molecular formula is C26H27N3O2S. The van der Waals surface area contributed by atoms with Gasteiger partial charge >= 0.3 is 6.03 Å². The van der Waals surface area contributed by atoms with E-state index in [-0.39, 0.29) is 6.03 Å². The Bertz CT molecular complexity index is 1200. The number of amides is 2. The number of nitrogens with one attached hydrogen (secondary N) is 1. The molecule has 0 atom stereocenters. The molecule has 1 aliphatic rings. The van der Waals surface area contributed by atoms with Gasteiger partial charge in [0.25, 0.3) is 0 Å². The summed E-state index contributed by atoms with van der Waals surface area (Å²) in [4.78, 5) is 16.8. The standard InChI is InChI=1S/C26H27N3O2S/c1-19-5-7-20(8-6-19)21-9-10-24-22(16-21)17-23(31-24)18-28-11-3-12-29(14-13-28)26(30)27-25-4-2-15-32-25/h2,4-10,15-17H,3,11-14,18H2,1H3,(H,27,30). The molecule has 32 heavy (non-hydrogen) atoms. The van der Waals surface area contributed by atoms with Gasteiger partial charge in [-0.2, -0.15) is 0 Å². The number of carbonyl (C=O) groups is 1. The number of thiophene rings is 1. The smallest absolute Gasteiger partial charge is 0.322 e. The number of rotatable bonds is 4. The van der Waals surface area contributed by atoms with E-state index in [1.54, 1.807) is 11.3 Å². The summed E-state index contributed by atoms with van der Waals surface area (Å²) in [5, 5.41) is 6.98. The van der Waals surface area contributed by atoms with Crippen LogP contribution < -0.4 is 5.32 Å². The average Bonchev–Trinajstić information content (AvgIpc) is 3.38. The minimum Gasteiger partial charge on any atom is -0.460 e. The third kappa shape index (κ3) is 4.71. The third-order valence-corrected chi connectivity index (χ3v) is 6.74. The van der Waals surface area contributed by atoms with Crippen molar-refractivity contribution in [3.05, 3.63) is 77.4 Å². The van der Waals surface area contributed by atoms with E-state index in [9.17, 15) is 4.79 Å². The lowest BCUT2D eigenvalue weighted by atomic mass is 10.0. The number of hydrogen-bond acceptors (Lipinski definition) is 4. The minimum absolute atomic E-state index is 0.0123. The van der Waals surface area contributed by atoms with E-state index in [1.807, 2.05) is 22.4 Å². The van der Waals surface area contributed by atoms with Crippen LogP contribution in [-0.4, -0.2) is 42.0 Å². The van der Waals surface area contributed by atoms with Crippen LogP contribution in [0, 0.1) is 6.92 Å². The van der Waals surface area contributed by atoms with Gasteiger partial charge in [-0.05, 0) is 60.2 Å². The first-order valence-corrected chi connectivity index (χ1v) is 11.9. The highest BCUT2D eigenvalue weighted by atomic mass is 32.1. The maximum Gasteiger partial charge on any atom is 0.322 e. The second kappa shape index (κ2) is 9.18. The molecule has 0 spiro atoms. The molecule has 5 rings (SSSR count). The van der Waals surface area contributed by atoms with Crippen LogP contribution in [0.2, 0.25) is 0 Å². The maximum absolute atomic E-state index is 12.6. The topological polar surface area (TPSA) is 48.7 Å². The summed E-state index contributed by atoms with van der Waals surface area (Å²) >= 11 is 1.54. The Hall–Kier alpha value is -3.09. The largest absolute Gasteiger partial charge is 0.460 e. The summed E-state index contributed by atoms with van der Waals surface area (Å²) in [7, 11) is 0. The van der Waals surface area contributed by atoms with Crippen molar-refractivity contribution in [2.75, 3.05) is 31.5 Å². The molecule has 1 N–H and O–H groups in total. The van der Waals surface area contributed by atoms with Crippen molar-refractivity contribution in [3.63, 3.8) is 0 Å². The van der Waals surface area contributed by atoms with Crippen molar-refractivity contribution in [1.82, 2.24) is 9.80 Å².